The van der Waals surface area contributed by atoms with Crippen molar-refractivity contribution >= 4 is 5.97 Å². The van der Waals surface area contributed by atoms with E-state index in [-0.39, 0.29) is 6.04 Å². The zero-order valence-corrected chi connectivity index (χ0v) is 12.2. The monoisotopic (exact) mass is 273 g/mol. The van der Waals surface area contributed by atoms with E-state index < -0.39 is 5.97 Å². The van der Waals surface area contributed by atoms with Gasteiger partial charge in [0, 0.05) is 23.0 Å². The van der Waals surface area contributed by atoms with E-state index in [1.165, 1.54) is 0 Å². The van der Waals surface area contributed by atoms with Crippen LogP contribution in [0.5, 0.6) is 5.75 Å². The highest BCUT2D eigenvalue weighted by Gasteiger charge is 2.19. The molecule has 0 unspecified atom stereocenters. The minimum absolute atomic E-state index is 0.185. The van der Waals surface area contributed by atoms with Gasteiger partial charge < -0.3 is 14.4 Å². The Labute approximate surface area is 118 Å². The average molecular weight is 273 g/mol. The molecule has 1 aromatic heterocycles. The fourth-order valence-electron chi connectivity index (χ4n) is 2.51. The third-order valence-electron chi connectivity index (χ3n) is 3.40. The molecule has 1 N–H and O–H groups in total. The lowest BCUT2D eigenvalue weighted by molar-refractivity contribution is 0.0696. The van der Waals surface area contributed by atoms with Crippen molar-refractivity contribution in [3.8, 4) is 17.0 Å². The highest BCUT2D eigenvalue weighted by atomic mass is 16.5. The molecule has 1 aromatic carbocycles. The van der Waals surface area contributed by atoms with E-state index in [1.807, 2.05) is 49.6 Å². The van der Waals surface area contributed by atoms with E-state index in [0.717, 1.165) is 22.7 Å². The number of methoxy groups -OCH3 is 1. The lowest BCUT2D eigenvalue weighted by atomic mass is 10.1. The van der Waals surface area contributed by atoms with Crippen molar-refractivity contribution in [3.63, 3.8) is 0 Å². The standard InChI is InChI=1S/C16H19NO3/c1-10(2)17-11(3)14(16(18)19)9-15(17)12-6-5-7-13(8-12)20-4/h5-10H,1-4H3,(H,18,19). The van der Waals surface area contributed by atoms with Gasteiger partial charge in [0.05, 0.1) is 12.7 Å². The van der Waals surface area contributed by atoms with Gasteiger partial charge in [-0.2, -0.15) is 0 Å². The summed E-state index contributed by atoms with van der Waals surface area (Å²) >= 11 is 0. The number of aromatic carboxylic acids is 1. The molecule has 0 saturated heterocycles. The first-order valence-electron chi connectivity index (χ1n) is 6.55. The largest absolute Gasteiger partial charge is 0.497 e. The topological polar surface area (TPSA) is 51.5 Å². The van der Waals surface area contributed by atoms with E-state index in [1.54, 1.807) is 13.2 Å². The molecule has 2 rings (SSSR count). The Morgan fingerprint density at radius 2 is 2.00 bits per heavy atom. The van der Waals surface area contributed by atoms with E-state index in [0.29, 0.717) is 5.56 Å². The van der Waals surface area contributed by atoms with Crippen molar-refractivity contribution in [3.05, 3.63) is 41.6 Å². The minimum atomic E-state index is -0.897. The Morgan fingerprint density at radius 1 is 1.30 bits per heavy atom. The molecule has 0 aliphatic rings. The fourth-order valence-corrected chi connectivity index (χ4v) is 2.51. The number of carboxylic acid groups (broad SMARTS) is 1. The molecular weight excluding hydrogens is 254 g/mol. The Kier molecular flexibility index (Phi) is 3.84. The predicted octanol–water partition coefficient (Wildman–Crippen LogP) is 3.75. The molecule has 0 aliphatic carbocycles. The summed E-state index contributed by atoms with van der Waals surface area (Å²) in [7, 11) is 1.62. The molecule has 20 heavy (non-hydrogen) atoms. The van der Waals surface area contributed by atoms with Crippen LogP contribution in [0.4, 0.5) is 0 Å². The predicted molar refractivity (Wildman–Crippen MR) is 78.5 cm³/mol. The smallest absolute Gasteiger partial charge is 0.337 e. The summed E-state index contributed by atoms with van der Waals surface area (Å²) < 4.78 is 7.28. The molecule has 106 valence electrons. The summed E-state index contributed by atoms with van der Waals surface area (Å²) in [4.78, 5) is 11.3. The van der Waals surface area contributed by atoms with Crippen LogP contribution >= 0.6 is 0 Å². The van der Waals surface area contributed by atoms with Crippen LogP contribution in [0, 0.1) is 6.92 Å². The van der Waals surface area contributed by atoms with Gasteiger partial charge in [-0.05, 0) is 39.0 Å². The SMILES string of the molecule is COc1cccc(-c2cc(C(=O)O)c(C)n2C(C)C)c1. The van der Waals surface area contributed by atoms with Crippen LogP contribution in [0.25, 0.3) is 11.3 Å². The Bertz CT molecular complexity index is 641. The van der Waals surface area contributed by atoms with E-state index in [2.05, 4.69) is 0 Å². The molecule has 0 atom stereocenters. The summed E-state index contributed by atoms with van der Waals surface area (Å²) in [5.74, 6) is -0.139. The summed E-state index contributed by atoms with van der Waals surface area (Å²) in [6.07, 6.45) is 0. The molecule has 2 aromatic rings. The van der Waals surface area contributed by atoms with Crippen molar-refractivity contribution in [2.24, 2.45) is 0 Å². The Balaban J connectivity index is 2.66. The molecule has 0 amide bonds. The van der Waals surface area contributed by atoms with Gasteiger partial charge >= 0.3 is 5.97 Å². The third-order valence-corrected chi connectivity index (χ3v) is 3.40. The molecular formula is C16H19NO3. The summed E-state index contributed by atoms with van der Waals surface area (Å²) in [5.41, 5.74) is 2.96. The van der Waals surface area contributed by atoms with Gasteiger partial charge in [-0.3, -0.25) is 0 Å². The number of carboxylic acids is 1. The number of rotatable bonds is 4. The van der Waals surface area contributed by atoms with E-state index in [4.69, 9.17) is 4.74 Å². The average Bonchev–Trinajstić information content (AvgIpc) is 2.76. The Hall–Kier alpha value is -2.23. The second-order valence-corrected chi connectivity index (χ2v) is 5.03. The van der Waals surface area contributed by atoms with E-state index >= 15 is 0 Å². The van der Waals surface area contributed by atoms with Crippen molar-refractivity contribution in [2.75, 3.05) is 7.11 Å². The van der Waals surface area contributed by atoms with Crippen molar-refractivity contribution in [1.82, 2.24) is 4.57 Å². The molecule has 1 heterocycles. The first-order valence-corrected chi connectivity index (χ1v) is 6.55. The fraction of sp³-hybridized carbons (Fsp3) is 0.312. The number of hydrogen-bond acceptors (Lipinski definition) is 2. The zero-order chi connectivity index (χ0) is 14.9. The van der Waals surface area contributed by atoms with Gasteiger partial charge in [-0.15, -0.1) is 0 Å². The van der Waals surface area contributed by atoms with Gasteiger partial charge in [-0.25, -0.2) is 4.79 Å². The number of ether oxygens (including phenoxy) is 1. The van der Waals surface area contributed by atoms with E-state index in [9.17, 15) is 9.90 Å². The molecule has 4 nitrogen and oxygen atoms in total. The third kappa shape index (κ3) is 2.41. The molecule has 0 aliphatic heterocycles. The van der Waals surface area contributed by atoms with Gasteiger partial charge in [0.2, 0.25) is 0 Å². The Morgan fingerprint density at radius 3 is 2.55 bits per heavy atom. The molecule has 0 radical (unpaired) electrons. The summed E-state index contributed by atoms with van der Waals surface area (Å²) in [5, 5.41) is 9.29. The summed E-state index contributed by atoms with van der Waals surface area (Å²) in [6.45, 7) is 5.93. The van der Waals surface area contributed by atoms with Crippen LogP contribution in [-0.4, -0.2) is 22.8 Å². The second kappa shape index (κ2) is 5.41. The highest BCUT2D eigenvalue weighted by Crippen LogP contribution is 2.31. The highest BCUT2D eigenvalue weighted by molar-refractivity contribution is 5.91. The maximum absolute atomic E-state index is 11.3. The molecule has 4 heteroatoms. The zero-order valence-electron chi connectivity index (χ0n) is 12.2. The first-order chi connectivity index (χ1) is 9.45. The van der Waals surface area contributed by atoms with Gasteiger partial charge in [0.15, 0.2) is 0 Å². The molecule has 0 bridgehead atoms. The molecule has 0 spiro atoms. The number of nitrogens with zero attached hydrogens (tertiary/aromatic N) is 1. The van der Waals surface area contributed by atoms with Crippen LogP contribution in [0.3, 0.4) is 0 Å². The molecule has 0 saturated carbocycles. The first kappa shape index (κ1) is 14.2. The normalized spacial score (nSPS) is 10.8. The van der Waals surface area contributed by atoms with Crippen molar-refractivity contribution in [1.29, 1.82) is 0 Å². The molecule has 0 fully saturated rings. The second-order valence-electron chi connectivity index (χ2n) is 5.03. The van der Waals surface area contributed by atoms with Crippen LogP contribution < -0.4 is 4.74 Å². The lowest BCUT2D eigenvalue weighted by Crippen LogP contribution is -2.06. The van der Waals surface area contributed by atoms with Gasteiger partial charge in [-0.1, -0.05) is 12.1 Å². The van der Waals surface area contributed by atoms with Gasteiger partial charge in [0.1, 0.15) is 5.75 Å². The van der Waals surface area contributed by atoms with Crippen LogP contribution in [0.15, 0.2) is 30.3 Å². The lowest BCUT2D eigenvalue weighted by Gasteiger charge is -2.16. The van der Waals surface area contributed by atoms with Crippen molar-refractivity contribution < 1.29 is 14.6 Å². The van der Waals surface area contributed by atoms with Crippen LogP contribution in [-0.2, 0) is 0 Å². The summed E-state index contributed by atoms with van der Waals surface area (Å²) in [6, 6.07) is 9.57. The van der Waals surface area contributed by atoms with Crippen LogP contribution in [0.2, 0.25) is 0 Å². The minimum Gasteiger partial charge on any atom is -0.497 e. The van der Waals surface area contributed by atoms with Gasteiger partial charge in [0.25, 0.3) is 0 Å². The van der Waals surface area contributed by atoms with Crippen LogP contribution in [0.1, 0.15) is 35.9 Å². The van der Waals surface area contributed by atoms with Crippen molar-refractivity contribution in [2.45, 2.75) is 26.8 Å². The maximum atomic E-state index is 11.3. The number of hydrogen-bond donors (Lipinski definition) is 1. The number of benzene rings is 1. The quantitative estimate of drug-likeness (QED) is 0.923. The maximum Gasteiger partial charge on any atom is 0.337 e. The number of aromatic nitrogens is 1. The number of carbonyl (C=O) groups is 1.